The van der Waals surface area contributed by atoms with E-state index >= 15 is 0 Å². The molecule has 1 saturated carbocycles. The number of fused-ring (bicyclic) bond motifs is 1. The van der Waals surface area contributed by atoms with Gasteiger partial charge in [-0.15, -0.1) is 0 Å². The summed E-state index contributed by atoms with van der Waals surface area (Å²) in [6.07, 6.45) is 5.83. The Balaban J connectivity index is 1.17. The fraction of sp³-hybridized carbons (Fsp3) is 0.429. The van der Waals surface area contributed by atoms with Crippen molar-refractivity contribution in [2.45, 2.75) is 70.1 Å². The zero-order chi connectivity index (χ0) is 31.7. The maximum absolute atomic E-state index is 13.5. The molecule has 0 unspecified atom stereocenters. The smallest absolute Gasteiger partial charge is 0.258 e. The van der Waals surface area contributed by atoms with E-state index in [9.17, 15) is 18.0 Å². The molecule has 0 bridgehead atoms. The van der Waals surface area contributed by atoms with Gasteiger partial charge in [-0.05, 0) is 39.5 Å². The summed E-state index contributed by atoms with van der Waals surface area (Å²) in [5, 5.41) is 21.7. The van der Waals surface area contributed by atoms with E-state index in [0.29, 0.717) is 60.0 Å². The van der Waals surface area contributed by atoms with Gasteiger partial charge >= 0.3 is 0 Å². The molecule has 3 N–H and O–H groups in total. The third-order valence-corrected chi connectivity index (χ3v) is 7.98. The Morgan fingerprint density at radius 2 is 1.96 bits per heavy atom. The second-order valence-corrected chi connectivity index (χ2v) is 11.0. The van der Waals surface area contributed by atoms with E-state index in [4.69, 9.17) is 9.72 Å². The van der Waals surface area contributed by atoms with Crippen molar-refractivity contribution < 1.29 is 22.7 Å². The number of methoxy groups -OCH3 is 1. The number of aromatic nitrogens is 10. The first kappa shape index (κ1) is 30.1. The number of nitrogens with one attached hydrogen (secondary N) is 3. The lowest BCUT2D eigenvalue weighted by Gasteiger charge is -2.38. The summed E-state index contributed by atoms with van der Waals surface area (Å²) in [6, 6.07) is 1.31. The number of H-pyrrole nitrogens is 1. The first-order valence-corrected chi connectivity index (χ1v) is 14.3. The van der Waals surface area contributed by atoms with Crippen LogP contribution in [-0.4, -0.2) is 74.7 Å². The van der Waals surface area contributed by atoms with Gasteiger partial charge in [0.25, 0.3) is 12.3 Å². The number of ether oxygens (including phenoxy) is 1. The van der Waals surface area contributed by atoms with Crippen molar-refractivity contribution in [3.63, 3.8) is 0 Å². The van der Waals surface area contributed by atoms with E-state index in [2.05, 4.69) is 46.0 Å². The van der Waals surface area contributed by atoms with E-state index in [-0.39, 0.29) is 17.5 Å². The van der Waals surface area contributed by atoms with Crippen molar-refractivity contribution in [2.75, 3.05) is 12.4 Å². The molecule has 0 saturated heterocycles. The number of anilines is 2. The van der Waals surface area contributed by atoms with Gasteiger partial charge in [0.2, 0.25) is 0 Å². The lowest BCUT2D eigenvalue weighted by molar-refractivity contribution is -0.148. The number of aryl methyl sites for hydroxylation is 1. The fourth-order valence-electron chi connectivity index (χ4n) is 5.49. The van der Waals surface area contributed by atoms with Crippen LogP contribution in [0.2, 0.25) is 0 Å². The van der Waals surface area contributed by atoms with Gasteiger partial charge in [-0.2, -0.15) is 15.3 Å². The zero-order valence-electron chi connectivity index (χ0n) is 24.7. The molecule has 5 aromatic rings. The van der Waals surface area contributed by atoms with Crippen LogP contribution < -0.4 is 10.6 Å². The number of carbonyl (C=O) groups is 1. The summed E-state index contributed by atoms with van der Waals surface area (Å²) in [6.45, 7) is 3.03. The molecule has 0 radical (unpaired) electrons. The van der Waals surface area contributed by atoms with Crippen molar-refractivity contribution in [2.24, 2.45) is 0 Å². The molecule has 45 heavy (non-hydrogen) atoms. The highest BCUT2D eigenvalue weighted by Gasteiger charge is 2.43. The molecule has 5 aromatic heterocycles. The second kappa shape index (κ2) is 12.2. The van der Waals surface area contributed by atoms with Crippen LogP contribution in [0.5, 0.6) is 0 Å². The molecule has 1 aliphatic rings. The average molecular weight is 625 g/mol. The number of aromatic amines is 1. The lowest BCUT2D eigenvalue weighted by Crippen LogP contribution is -2.51. The van der Waals surface area contributed by atoms with Crippen LogP contribution in [0.3, 0.4) is 0 Å². The minimum absolute atomic E-state index is 0.162. The van der Waals surface area contributed by atoms with Crippen LogP contribution in [0, 0.1) is 12.7 Å². The van der Waals surface area contributed by atoms with Crippen LogP contribution in [-0.2, 0) is 16.1 Å². The molecule has 0 aliphatic heterocycles. The van der Waals surface area contributed by atoms with Crippen LogP contribution in [0.15, 0.2) is 37.1 Å². The summed E-state index contributed by atoms with van der Waals surface area (Å²) in [5.41, 5.74) is 0.533. The monoisotopic (exact) mass is 624 g/mol. The third kappa shape index (κ3) is 6.20. The number of nitrogens with zero attached hydrogens (tertiary/aromatic N) is 9. The normalized spacial score (nSPS) is 19.2. The molecule has 14 nitrogen and oxygen atoms in total. The molecule has 1 fully saturated rings. The van der Waals surface area contributed by atoms with Gasteiger partial charge in [0.15, 0.2) is 23.1 Å². The van der Waals surface area contributed by atoms with Crippen LogP contribution in [0.4, 0.5) is 24.8 Å². The summed E-state index contributed by atoms with van der Waals surface area (Å²) in [4.78, 5) is 31.6. The maximum Gasteiger partial charge on any atom is 0.258 e. The Bertz CT molecular complexity index is 1790. The van der Waals surface area contributed by atoms with Gasteiger partial charge in [0.05, 0.1) is 48.1 Å². The van der Waals surface area contributed by atoms with Crippen LogP contribution in [0.25, 0.3) is 16.9 Å². The Kier molecular flexibility index (Phi) is 8.18. The predicted octanol–water partition coefficient (Wildman–Crippen LogP) is 3.90. The van der Waals surface area contributed by atoms with Crippen LogP contribution >= 0.6 is 0 Å². The molecule has 0 spiro atoms. The van der Waals surface area contributed by atoms with E-state index in [0.717, 1.165) is 11.9 Å². The Labute approximate surface area is 254 Å². The van der Waals surface area contributed by atoms with Gasteiger partial charge in [-0.3, -0.25) is 14.9 Å². The molecule has 5 heterocycles. The second-order valence-electron chi connectivity index (χ2n) is 11.0. The first-order chi connectivity index (χ1) is 21.6. The molecule has 6 rings (SSSR count). The van der Waals surface area contributed by atoms with Gasteiger partial charge in [-0.25, -0.2) is 37.5 Å². The zero-order valence-corrected chi connectivity index (χ0v) is 24.7. The summed E-state index contributed by atoms with van der Waals surface area (Å²) in [5.74, 6) is 0.767. The lowest BCUT2D eigenvalue weighted by atomic mass is 9.77. The summed E-state index contributed by atoms with van der Waals surface area (Å²) in [7, 11) is 1.50. The topological polar surface area (TPSA) is 166 Å². The van der Waals surface area contributed by atoms with Gasteiger partial charge in [-0.1, -0.05) is 0 Å². The highest BCUT2D eigenvalue weighted by Crippen LogP contribution is 2.40. The first-order valence-electron chi connectivity index (χ1n) is 14.3. The number of rotatable bonds is 10. The van der Waals surface area contributed by atoms with E-state index in [1.807, 2.05) is 6.92 Å². The summed E-state index contributed by atoms with van der Waals surface area (Å²) < 4.78 is 48.2. The fourth-order valence-corrected chi connectivity index (χ4v) is 5.49. The molecule has 236 valence electrons. The highest BCUT2D eigenvalue weighted by molar-refractivity contribution is 5.88. The minimum Gasteiger partial charge on any atom is -0.368 e. The van der Waals surface area contributed by atoms with Gasteiger partial charge in [0, 0.05) is 24.8 Å². The number of alkyl halides is 2. The number of hydrogen-bond donors (Lipinski definition) is 3. The Morgan fingerprint density at radius 3 is 2.58 bits per heavy atom. The van der Waals surface area contributed by atoms with Crippen molar-refractivity contribution in [3.05, 3.63) is 60.1 Å². The van der Waals surface area contributed by atoms with Crippen molar-refractivity contribution >= 4 is 28.6 Å². The quantitative estimate of drug-likeness (QED) is 0.207. The Hall–Kier alpha value is -4.93. The Morgan fingerprint density at radius 1 is 1.16 bits per heavy atom. The third-order valence-electron chi connectivity index (χ3n) is 7.98. The van der Waals surface area contributed by atoms with E-state index < -0.39 is 30.4 Å². The highest BCUT2D eigenvalue weighted by atomic mass is 19.3. The van der Waals surface area contributed by atoms with E-state index in [1.54, 1.807) is 13.0 Å². The SMILES string of the molecule is CO[C@]1(C(=O)N[C@@H](C)c2cnc(-n3cc(F)cn3)cn2)CC[C@@H](c2nc(Nc3cc(C)[nH]n3)c3cnn(CC(F)F)c3n2)CC1. The standard InChI is InChI=1S/C28H31F3N12O2/c1-15-8-22(41-40-15)37-25-19-10-35-43(14-21(30)31)26(19)39-24(38-25)17-4-6-28(45-3,7-5-17)27(44)36-16(2)20-11-33-23(12-32-20)42-13-18(29)9-34-42/h8-13,16-17,21H,4-7,14H2,1-3H3,(H,36,44)(H2,37,38,39,40,41)/t16-,17-,28-/m0/s1. The minimum atomic E-state index is -2.61. The average Bonchev–Trinajstić information content (AvgIpc) is 3.77. The van der Waals surface area contributed by atoms with E-state index in [1.165, 1.54) is 41.3 Å². The van der Waals surface area contributed by atoms with Crippen molar-refractivity contribution in [1.82, 2.24) is 55.0 Å². The molecule has 0 aromatic carbocycles. The van der Waals surface area contributed by atoms with Gasteiger partial charge < -0.3 is 15.4 Å². The molecule has 1 atom stereocenters. The maximum atomic E-state index is 13.5. The molecule has 1 amide bonds. The molecular formula is C28H31F3N12O2. The molecule has 1 aliphatic carbocycles. The molecular weight excluding hydrogens is 593 g/mol. The molecule has 17 heteroatoms. The van der Waals surface area contributed by atoms with Crippen molar-refractivity contribution in [1.29, 1.82) is 0 Å². The van der Waals surface area contributed by atoms with Crippen molar-refractivity contribution in [3.8, 4) is 5.82 Å². The number of amides is 1. The number of hydrogen-bond acceptors (Lipinski definition) is 10. The predicted molar refractivity (Wildman–Crippen MR) is 155 cm³/mol. The largest absolute Gasteiger partial charge is 0.368 e. The van der Waals surface area contributed by atoms with Crippen LogP contribution in [0.1, 0.15) is 61.8 Å². The number of halogens is 3. The summed E-state index contributed by atoms with van der Waals surface area (Å²) >= 11 is 0. The van der Waals surface area contributed by atoms with Gasteiger partial charge in [0.1, 0.15) is 23.8 Å². The number of carbonyl (C=O) groups excluding carboxylic acids is 1.